The number of nitrogens with one attached hydrogen (secondary N) is 1. The molecule has 0 aliphatic carbocycles. The number of nitrogens with zero attached hydrogens (tertiary/aromatic N) is 4. The van der Waals surface area contributed by atoms with Gasteiger partial charge in [0.15, 0.2) is 0 Å². The van der Waals surface area contributed by atoms with Crippen molar-refractivity contribution in [2.24, 2.45) is 0 Å². The molecule has 1 fully saturated rings. The zero-order valence-corrected chi connectivity index (χ0v) is 22.5. The van der Waals surface area contributed by atoms with Crippen LogP contribution in [0.2, 0.25) is 0 Å². The third kappa shape index (κ3) is 5.57. The van der Waals surface area contributed by atoms with Crippen molar-refractivity contribution in [3.8, 4) is 10.8 Å². The number of fused-ring (bicyclic) bond motifs is 1. The number of carbonyl (C=O) groups excluding carboxylic acids is 1. The highest BCUT2D eigenvalue weighted by Gasteiger charge is 2.31. The number of carbonyl (C=O) groups is 1. The summed E-state index contributed by atoms with van der Waals surface area (Å²) in [4.78, 5) is 40.0. The van der Waals surface area contributed by atoms with Crippen LogP contribution in [0.4, 0.5) is 4.39 Å². The highest BCUT2D eigenvalue weighted by atomic mass is 32.1. The highest BCUT2D eigenvalue weighted by molar-refractivity contribution is 7.21. The van der Waals surface area contributed by atoms with E-state index >= 15 is 0 Å². The molecule has 1 aromatic carbocycles. The number of hydrogen-bond donors (Lipinski definition) is 2. The zero-order chi connectivity index (χ0) is 28.1. The molecule has 0 bridgehead atoms. The van der Waals surface area contributed by atoms with E-state index in [1.165, 1.54) is 41.2 Å². The summed E-state index contributed by atoms with van der Waals surface area (Å²) in [6.07, 6.45) is 6.43. The summed E-state index contributed by atoms with van der Waals surface area (Å²) in [7, 11) is 1.50. The molecule has 1 aliphatic rings. The van der Waals surface area contributed by atoms with Crippen molar-refractivity contribution in [2.45, 2.75) is 38.8 Å². The standard InChI is InChI=1S/C23H22FN5O4S.C4H8O/c1-13-18-20(31)29(16-6-9-25-19(16)30)23(32)27(22(18)34-21(13)28-10-3-8-26-28)11-7-14-12-15(24)4-5-17(14)33-2;1-2-3-4-5/h3-5,8,10,12,16H,6-7,9,11H2,1-2H3,(H,25,30);2,5H,1,3-4H2. The molecular weight excluding hydrogens is 525 g/mol. The number of benzene rings is 1. The van der Waals surface area contributed by atoms with Gasteiger partial charge in [0.05, 0.1) is 12.5 Å². The highest BCUT2D eigenvalue weighted by Crippen LogP contribution is 2.31. The van der Waals surface area contributed by atoms with Crippen LogP contribution in [0.1, 0.15) is 30.0 Å². The van der Waals surface area contributed by atoms with E-state index in [1.807, 2.05) is 0 Å². The van der Waals surface area contributed by atoms with Gasteiger partial charge in [-0.1, -0.05) is 17.4 Å². The lowest BCUT2D eigenvalue weighted by Gasteiger charge is -2.16. The topological polar surface area (TPSA) is 120 Å². The van der Waals surface area contributed by atoms with Gasteiger partial charge in [-0.3, -0.25) is 14.2 Å². The van der Waals surface area contributed by atoms with Gasteiger partial charge in [-0.05, 0) is 56.0 Å². The normalized spacial score (nSPS) is 14.7. The molecule has 4 heterocycles. The first-order valence-electron chi connectivity index (χ1n) is 12.4. The fourth-order valence-electron chi connectivity index (χ4n) is 4.53. The first-order chi connectivity index (χ1) is 18.8. The lowest BCUT2D eigenvalue weighted by molar-refractivity contribution is -0.122. The van der Waals surface area contributed by atoms with Crippen molar-refractivity contribution >= 4 is 27.5 Å². The average Bonchev–Trinajstić information content (AvgIpc) is 3.66. The van der Waals surface area contributed by atoms with Crippen LogP contribution in [0.25, 0.3) is 15.2 Å². The van der Waals surface area contributed by atoms with E-state index < -0.39 is 23.1 Å². The number of amides is 1. The number of halogens is 1. The number of hydrogen-bond acceptors (Lipinski definition) is 7. The van der Waals surface area contributed by atoms with E-state index in [0.29, 0.717) is 57.9 Å². The van der Waals surface area contributed by atoms with Gasteiger partial charge in [-0.2, -0.15) is 5.10 Å². The molecule has 2 N–H and O–H groups in total. The molecule has 10 nitrogen and oxygen atoms in total. The van der Waals surface area contributed by atoms with Gasteiger partial charge >= 0.3 is 5.69 Å². The molecule has 39 heavy (non-hydrogen) atoms. The predicted octanol–water partition coefficient (Wildman–Crippen LogP) is 2.73. The third-order valence-corrected chi connectivity index (χ3v) is 7.75. The molecule has 1 unspecified atom stereocenters. The maximum atomic E-state index is 13.9. The van der Waals surface area contributed by atoms with Crippen LogP contribution < -0.4 is 21.3 Å². The van der Waals surface area contributed by atoms with E-state index in [2.05, 4.69) is 17.0 Å². The molecule has 12 heteroatoms. The number of rotatable bonds is 8. The zero-order valence-electron chi connectivity index (χ0n) is 21.7. The molecule has 1 atom stereocenters. The Bertz CT molecular complexity index is 1610. The molecule has 0 radical (unpaired) electrons. The molecule has 3 aromatic heterocycles. The fourth-order valence-corrected chi connectivity index (χ4v) is 5.79. The summed E-state index contributed by atoms with van der Waals surface area (Å²) >= 11 is 1.28. The largest absolute Gasteiger partial charge is 0.496 e. The summed E-state index contributed by atoms with van der Waals surface area (Å²) in [5.41, 5.74) is 0.217. The summed E-state index contributed by atoms with van der Waals surface area (Å²) in [6, 6.07) is 5.12. The molecule has 1 aliphatic heterocycles. The Balaban J connectivity index is 0.000000648. The lowest BCUT2D eigenvalue weighted by Crippen LogP contribution is -2.44. The third-order valence-electron chi connectivity index (χ3n) is 6.44. The smallest absolute Gasteiger partial charge is 0.332 e. The van der Waals surface area contributed by atoms with Gasteiger partial charge in [0.25, 0.3) is 5.56 Å². The van der Waals surface area contributed by atoms with Gasteiger partial charge in [-0.25, -0.2) is 18.4 Å². The molecule has 4 aromatic rings. The number of aryl methyl sites for hydroxylation is 3. The van der Waals surface area contributed by atoms with Crippen LogP contribution in [-0.4, -0.2) is 50.2 Å². The molecule has 0 spiro atoms. The summed E-state index contributed by atoms with van der Waals surface area (Å²) in [6.45, 7) is 5.99. The second kappa shape index (κ2) is 12.2. The van der Waals surface area contributed by atoms with Crippen LogP contribution >= 0.6 is 11.3 Å². The number of aliphatic hydroxyl groups excluding tert-OH is 1. The number of thiophene rings is 1. The van der Waals surface area contributed by atoms with Crippen molar-refractivity contribution in [3.05, 3.63) is 87.1 Å². The van der Waals surface area contributed by atoms with Crippen molar-refractivity contribution in [1.29, 1.82) is 0 Å². The Morgan fingerprint density at radius 3 is 2.72 bits per heavy atom. The van der Waals surface area contributed by atoms with E-state index in [9.17, 15) is 18.8 Å². The van der Waals surface area contributed by atoms with E-state index in [4.69, 9.17) is 9.84 Å². The van der Waals surface area contributed by atoms with Crippen molar-refractivity contribution in [1.82, 2.24) is 24.2 Å². The molecular formula is C27H30FN5O5S. The fraction of sp³-hybridized carbons (Fsp3) is 0.333. The number of ether oxygens (including phenoxy) is 1. The minimum Gasteiger partial charge on any atom is -0.496 e. The minimum absolute atomic E-state index is 0.169. The monoisotopic (exact) mass is 555 g/mol. The first kappa shape index (κ1) is 28.0. The van der Waals surface area contributed by atoms with Crippen molar-refractivity contribution in [3.63, 3.8) is 0 Å². The van der Waals surface area contributed by atoms with Crippen LogP contribution in [0.3, 0.4) is 0 Å². The maximum absolute atomic E-state index is 13.9. The Morgan fingerprint density at radius 1 is 1.33 bits per heavy atom. The lowest BCUT2D eigenvalue weighted by atomic mass is 10.1. The van der Waals surface area contributed by atoms with E-state index in [0.717, 1.165) is 4.57 Å². The van der Waals surface area contributed by atoms with E-state index in [-0.39, 0.29) is 19.1 Å². The molecule has 0 saturated carbocycles. The van der Waals surface area contributed by atoms with Crippen LogP contribution in [0.5, 0.6) is 5.75 Å². The Morgan fingerprint density at radius 2 is 2.13 bits per heavy atom. The van der Waals surface area contributed by atoms with Gasteiger partial charge in [0.2, 0.25) is 5.91 Å². The molecule has 5 rings (SSSR count). The van der Waals surface area contributed by atoms with Gasteiger partial charge < -0.3 is 15.2 Å². The second-order valence-electron chi connectivity index (χ2n) is 8.87. The van der Waals surface area contributed by atoms with Crippen LogP contribution in [-0.2, 0) is 17.8 Å². The predicted molar refractivity (Wildman–Crippen MR) is 147 cm³/mol. The summed E-state index contributed by atoms with van der Waals surface area (Å²) in [5, 5.41) is 16.0. The summed E-state index contributed by atoms with van der Waals surface area (Å²) < 4.78 is 23.4. The van der Waals surface area contributed by atoms with E-state index in [1.54, 1.807) is 36.1 Å². The molecule has 206 valence electrons. The van der Waals surface area contributed by atoms with Crippen molar-refractivity contribution < 1.29 is 19.0 Å². The number of aromatic nitrogens is 4. The first-order valence-corrected chi connectivity index (χ1v) is 13.2. The molecule has 1 amide bonds. The minimum atomic E-state index is -0.869. The Hall–Kier alpha value is -4.03. The number of methoxy groups -OCH3 is 1. The van der Waals surface area contributed by atoms with Crippen molar-refractivity contribution in [2.75, 3.05) is 20.3 Å². The van der Waals surface area contributed by atoms with Crippen LogP contribution in [0.15, 0.2) is 58.9 Å². The van der Waals surface area contributed by atoms with Gasteiger partial charge in [-0.15, -0.1) is 6.58 Å². The van der Waals surface area contributed by atoms with Gasteiger partial charge in [0, 0.05) is 37.7 Å². The second-order valence-corrected chi connectivity index (χ2v) is 9.85. The SMILES string of the molecule is C=CCCO.COc1ccc(F)cc1CCn1c(=O)n(C2CCNC2=O)c(=O)c2c(C)c(-n3cccn3)sc21. The number of aliphatic hydroxyl groups is 1. The quantitative estimate of drug-likeness (QED) is 0.323. The average molecular weight is 556 g/mol. The maximum Gasteiger partial charge on any atom is 0.332 e. The molecule has 1 saturated heterocycles. The Kier molecular flexibility index (Phi) is 8.77. The Labute approximate surface area is 227 Å². The van der Waals surface area contributed by atoms with Gasteiger partial charge in [0.1, 0.15) is 27.4 Å². The summed E-state index contributed by atoms with van der Waals surface area (Å²) in [5.74, 6) is -0.250. The van der Waals surface area contributed by atoms with Crippen LogP contribution in [0, 0.1) is 12.7 Å².